The number of pyridine rings is 1. The lowest BCUT2D eigenvalue weighted by Crippen LogP contribution is -2.32. The zero-order valence-electron chi connectivity index (χ0n) is 9.54. The van der Waals surface area contributed by atoms with Crippen molar-refractivity contribution in [2.24, 2.45) is 0 Å². The predicted molar refractivity (Wildman–Crippen MR) is 63.4 cm³/mol. The molecule has 0 aromatic carbocycles. The van der Waals surface area contributed by atoms with E-state index in [0.717, 1.165) is 0 Å². The molecule has 1 aliphatic heterocycles. The molecule has 0 aliphatic carbocycles. The van der Waals surface area contributed by atoms with E-state index in [1.165, 1.54) is 6.26 Å². The Morgan fingerprint density at radius 1 is 1.47 bits per heavy atom. The third-order valence-electron chi connectivity index (χ3n) is 2.92. The summed E-state index contributed by atoms with van der Waals surface area (Å²) in [6.45, 7) is 0.751. The molecule has 1 unspecified atom stereocenters. The fraction of sp³-hybridized carbons (Fsp3) is 0.455. The van der Waals surface area contributed by atoms with E-state index >= 15 is 0 Å². The molecule has 92 valence electrons. The van der Waals surface area contributed by atoms with E-state index < -0.39 is 15.1 Å². The molecule has 2 rings (SSSR count). The van der Waals surface area contributed by atoms with Gasteiger partial charge in [-0.25, -0.2) is 8.42 Å². The van der Waals surface area contributed by atoms with Crippen molar-refractivity contribution in [3.05, 3.63) is 30.1 Å². The maximum atomic E-state index is 12.0. The normalized spacial score (nSPS) is 20.5. The molecule has 2 heterocycles. The van der Waals surface area contributed by atoms with Crippen LogP contribution in [0.4, 0.5) is 0 Å². The van der Waals surface area contributed by atoms with Crippen LogP contribution in [0.1, 0.15) is 16.9 Å². The van der Waals surface area contributed by atoms with E-state index in [2.05, 4.69) is 4.98 Å². The Morgan fingerprint density at radius 2 is 2.24 bits per heavy atom. The highest BCUT2D eigenvalue weighted by Gasteiger charge is 2.33. The molecule has 1 fully saturated rings. The van der Waals surface area contributed by atoms with Crippen LogP contribution < -0.4 is 0 Å². The largest absolute Gasteiger partial charge is 0.336 e. The lowest BCUT2D eigenvalue weighted by Gasteiger charge is -2.15. The van der Waals surface area contributed by atoms with Crippen LogP contribution >= 0.6 is 0 Å². The zero-order chi connectivity index (χ0) is 12.5. The first-order valence-electron chi connectivity index (χ1n) is 5.37. The summed E-state index contributed by atoms with van der Waals surface area (Å²) in [6.07, 6.45) is 3.28. The van der Waals surface area contributed by atoms with E-state index in [4.69, 9.17) is 0 Å². The SMILES string of the molecule is CS(=O)(=O)C1CCN(C(=O)c2ccccn2)C1. The van der Waals surface area contributed by atoms with Crippen LogP contribution in [0.25, 0.3) is 0 Å². The zero-order valence-corrected chi connectivity index (χ0v) is 10.4. The highest BCUT2D eigenvalue weighted by atomic mass is 32.2. The molecule has 1 aromatic heterocycles. The van der Waals surface area contributed by atoms with Gasteiger partial charge < -0.3 is 4.90 Å². The third kappa shape index (κ3) is 2.63. The lowest BCUT2D eigenvalue weighted by molar-refractivity contribution is 0.0787. The summed E-state index contributed by atoms with van der Waals surface area (Å²) in [5.41, 5.74) is 0.363. The van der Waals surface area contributed by atoms with E-state index in [0.29, 0.717) is 18.7 Å². The summed E-state index contributed by atoms with van der Waals surface area (Å²) in [7, 11) is -3.07. The van der Waals surface area contributed by atoms with Crippen molar-refractivity contribution in [2.45, 2.75) is 11.7 Å². The first kappa shape index (κ1) is 12.0. The minimum Gasteiger partial charge on any atom is -0.336 e. The van der Waals surface area contributed by atoms with Crippen LogP contribution in [0, 0.1) is 0 Å². The summed E-state index contributed by atoms with van der Waals surface area (Å²) in [6, 6.07) is 5.11. The molecule has 0 spiro atoms. The second kappa shape index (κ2) is 4.44. The number of amides is 1. The predicted octanol–water partition coefficient (Wildman–Crippen LogP) is 0.341. The molecule has 17 heavy (non-hydrogen) atoms. The van der Waals surface area contributed by atoms with Crippen LogP contribution in [0.2, 0.25) is 0 Å². The first-order chi connectivity index (χ1) is 7.98. The Kier molecular flexibility index (Phi) is 3.15. The fourth-order valence-corrected chi connectivity index (χ4v) is 2.90. The van der Waals surface area contributed by atoms with Crippen LogP contribution in [0.15, 0.2) is 24.4 Å². The first-order valence-corrected chi connectivity index (χ1v) is 7.33. The molecule has 6 heteroatoms. The summed E-state index contributed by atoms with van der Waals surface area (Å²) >= 11 is 0. The quantitative estimate of drug-likeness (QED) is 0.763. The van der Waals surface area contributed by atoms with Crippen molar-refractivity contribution < 1.29 is 13.2 Å². The van der Waals surface area contributed by atoms with Gasteiger partial charge in [-0.05, 0) is 18.6 Å². The average Bonchev–Trinajstić information content (AvgIpc) is 2.78. The van der Waals surface area contributed by atoms with E-state index in [9.17, 15) is 13.2 Å². The van der Waals surface area contributed by atoms with Gasteiger partial charge in [-0.1, -0.05) is 6.07 Å². The molecule has 0 N–H and O–H groups in total. The molecule has 0 radical (unpaired) electrons. The van der Waals surface area contributed by atoms with Crippen LogP contribution in [0.3, 0.4) is 0 Å². The van der Waals surface area contributed by atoms with Gasteiger partial charge in [0.2, 0.25) is 0 Å². The summed E-state index contributed by atoms with van der Waals surface area (Å²) in [5, 5.41) is -0.435. The molecule has 0 saturated carbocycles. The number of nitrogens with zero attached hydrogens (tertiary/aromatic N) is 2. The summed E-state index contributed by atoms with van der Waals surface area (Å²) in [5.74, 6) is -0.197. The Balaban J connectivity index is 2.10. The van der Waals surface area contributed by atoms with Crippen molar-refractivity contribution in [3.63, 3.8) is 0 Å². The number of carbonyl (C=O) groups is 1. The molecular formula is C11H14N2O3S. The molecule has 1 amide bonds. The van der Waals surface area contributed by atoms with E-state index in [1.807, 2.05) is 0 Å². The van der Waals surface area contributed by atoms with Crippen molar-refractivity contribution in [1.29, 1.82) is 0 Å². The molecule has 5 nitrogen and oxygen atoms in total. The highest BCUT2D eigenvalue weighted by molar-refractivity contribution is 7.91. The number of hydrogen-bond acceptors (Lipinski definition) is 4. The van der Waals surface area contributed by atoms with Gasteiger partial charge in [0.25, 0.3) is 5.91 Å². The van der Waals surface area contributed by atoms with Gasteiger partial charge in [0.15, 0.2) is 9.84 Å². The smallest absolute Gasteiger partial charge is 0.272 e. The third-order valence-corrected chi connectivity index (χ3v) is 4.52. The second-order valence-corrected chi connectivity index (χ2v) is 6.53. The van der Waals surface area contributed by atoms with Gasteiger partial charge in [0.05, 0.1) is 5.25 Å². The Labute approximate surface area is 100 Å². The molecule has 1 aliphatic rings. The number of rotatable bonds is 2. The second-order valence-electron chi connectivity index (χ2n) is 4.21. The van der Waals surface area contributed by atoms with E-state index in [1.54, 1.807) is 29.3 Å². The van der Waals surface area contributed by atoms with Gasteiger partial charge >= 0.3 is 0 Å². The maximum Gasteiger partial charge on any atom is 0.272 e. The molecule has 1 atom stereocenters. The van der Waals surface area contributed by atoms with Crippen molar-refractivity contribution in [1.82, 2.24) is 9.88 Å². The lowest BCUT2D eigenvalue weighted by atomic mass is 10.3. The Bertz CT molecular complexity index is 513. The van der Waals surface area contributed by atoms with Gasteiger partial charge in [-0.3, -0.25) is 9.78 Å². The molecule has 1 saturated heterocycles. The van der Waals surface area contributed by atoms with E-state index in [-0.39, 0.29) is 12.5 Å². The molecule has 0 bridgehead atoms. The molecular weight excluding hydrogens is 240 g/mol. The van der Waals surface area contributed by atoms with Gasteiger partial charge in [-0.2, -0.15) is 0 Å². The average molecular weight is 254 g/mol. The van der Waals surface area contributed by atoms with Gasteiger partial charge in [0.1, 0.15) is 5.69 Å². The van der Waals surface area contributed by atoms with Crippen molar-refractivity contribution in [2.75, 3.05) is 19.3 Å². The summed E-state index contributed by atoms with van der Waals surface area (Å²) in [4.78, 5) is 17.5. The highest BCUT2D eigenvalue weighted by Crippen LogP contribution is 2.17. The number of aromatic nitrogens is 1. The van der Waals surface area contributed by atoms with Crippen LogP contribution in [-0.2, 0) is 9.84 Å². The Morgan fingerprint density at radius 3 is 2.76 bits per heavy atom. The van der Waals surface area contributed by atoms with Gasteiger partial charge in [0, 0.05) is 25.5 Å². The van der Waals surface area contributed by atoms with Gasteiger partial charge in [-0.15, -0.1) is 0 Å². The Hall–Kier alpha value is -1.43. The van der Waals surface area contributed by atoms with Crippen LogP contribution in [-0.4, -0.2) is 48.8 Å². The number of likely N-dealkylation sites (tertiary alicyclic amines) is 1. The standard InChI is InChI=1S/C11H14N2O3S/c1-17(15,16)9-5-7-13(8-9)11(14)10-4-2-3-6-12-10/h2-4,6,9H,5,7-8H2,1H3. The van der Waals surface area contributed by atoms with Crippen LogP contribution in [0.5, 0.6) is 0 Å². The monoisotopic (exact) mass is 254 g/mol. The number of hydrogen-bond donors (Lipinski definition) is 0. The topological polar surface area (TPSA) is 67.3 Å². The minimum absolute atomic E-state index is 0.197. The number of sulfone groups is 1. The minimum atomic E-state index is -3.07. The van der Waals surface area contributed by atoms with Crippen molar-refractivity contribution in [3.8, 4) is 0 Å². The molecule has 1 aromatic rings. The fourth-order valence-electron chi connectivity index (χ4n) is 1.91. The van der Waals surface area contributed by atoms with Crippen molar-refractivity contribution >= 4 is 15.7 Å². The number of carbonyl (C=O) groups excluding carboxylic acids is 1. The maximum absolute atomic E-state index is 12.0. The summed E-state index contributed by atoms with van der Waals surface area (Å²) < 4.78 is 22.8.